The van der Waals surface area contributed by atoms with Gasteiger partial charge in [0.2, 0.25) is 10.0 Å². The van der Waals surface area contributed by atoms with E-state index in [-0.39, 0.29) is 45.6 Å². The van der Waals surface area contributed by atoms with Gasteiger partial charge in [0.05, 0.1) is 38.2 Å². The number of benzene rings is 1. The number of halogens is 1. The number of pyridine rings is 1. The Kier molecular flexibility index (Phi) is 5.61. The van der Waals surface area contributed by atoms with Crippen LogP contribution in [-0.4, -0.2) is 34.9 Å². The van der Waals surface area contributed by atoms with Gasteiger partial charge in [-0.15, -0.1) is 11.3 Å². The van der Waals surface area contributed by atoms with Crippen LogP contribution in [0.2, 0.25) is 0 Å². The molecule has 2 N–H and O–H groups in total. The molecule has 0 bridgehead atoms. The van der Waals surface area contributed by atoms with E-state index in [1.807, 2.05) is 0 Å². The summed E-state index contributed by atoms with van der Waals surface area (Å²) in [6, 6.07) is 7.41. The van der Waals surface area contributed by atoms with Gasteiger partial charge in [-0.1, -0.05) is 0 Å². The van der Waals surface area contributed by atoms with E-state index >= 15 is 4.39 Å². The number of aromatic amines is 1. The molecule has 0 spiro atoms. The number of furan rings is 1. The normalized spacial score (nSPS) is 13.8. The van der Waals surface area contributed by atoms with Gasteiger partial charge in [-0.05, 0) is 61.0 Å². The van der Waals surface area contributed by atoms with E-state index in [9.17, 15) is 22.8 Å². The highest BCUT2D eigenvalue weighted by Crippen LogP contribution is 2.40. The van der Waals surface area contributed by atoms with E-state index < -0.39 is 32.6 Å². The summed E-state index contributed by atoms with van der Waals surface area (Å²) in [6.07, 6.45) is 3.62. The number of rotatable bonds is 7. The highest BCUT2D eigenvalue weighted by atomic mass is 32.2. The first-order valence-corrected chi connectivity index (χ1v) is 14.1. The third-order valence-electron chi connectivity index (χ3n) is 6.56. The summed E-state index contributed by atoms with van der Waals surface area (Å²) >= 11 is 1.22. The van der Waals surface area contributed by atoms with Gasteiger partial charge in [-0.2, -0.15) is 0 Å². The first-order valence-electron chi connectivity index (χ1n) is 11.7. The monoisotopic (exact) mass is 553 g/mol. The topological polar surface area (TPSA) is 131 Å². The number of hydrogen-bond donors (Lipinski definition) is 2. The minimum Gasteiger partial charge on any atom is -0.463 e. The van der Waals surface area contributed by atoms with Gasteiger partial charge < -0.3 is 14.0 Å². The first-order chi connectivity index (χ1) is 18.2. The van der Waals surface area contributed by atoms with Crippen molar-refractivity contribution in [1.82, 2.24) is 14.3 Å². The average molecular weight is 554 g/mol. The molecule has 1 amide bonds. The summed E-state index contributed by atoms with van der Waals surface area (Å²) in [6.45, 7) is 1.44. The lowest BCUT2D eigenvalue weighted by molar-refractivity contribution is 0.0972. The van der Waals surface area contributed by atoms with E-state index in [0.29, 0.717) is 28.7 Å². The SMILES string of the molecule is CC(=O)c1cc(Cn2c(C(=O)NS(=O)(=O)C3CC3)c(-c3ccc[nH]c3=O)c3c4occc4c(F)cc32)cs1. The molecule has 0 saturated heterocycles. The summed E-state index contributed by atoms with van der Waals surface area (Å²) in [5.74, 6) is -1.69. The Morgan fingerprint density at radius 1 is 1.26 bits per heavy atom. The van der Waals surface area contributed by atoms with Gasteiger partial charge in [-0.25, -0.2) is 17.5 Å². The van der Waals surface area contributed by atoms with Gasteiger partial charge in [0.1, 0.15) is 17.1 Å². The maximum absolute atomic E-state index is 15.2. The lowest BCUT2D eigenvalue weighted by atomic mass is 10.0. The zero-order chi connectivity index (χ0) is 26.8. The molecule has 38 heavy (non-hydrogen) atoms. The Hall–Kier alpha value is -4.03. The van der Waals surface area contributed by atoms with Gasteiger partial charge in [0, 0.05) is 18.3 Å². The third kappa shape index (κ3) is 3.96. The second-order valence-corrected chi connectivity index (χ2v) is 12.1. The molecule has 5 aromatic rings. The van der Waals surface area contributed by atoms with Crippen molar-refractivity contribution in [3.8, 4) is 11.1 Å². The summed E-state index contributed by atoms with van der Waals surface area (Å²) in [4.78, 5) is 41.7. The van der Waals surface area contributed by atoms with E-state index in [1.54, 1.807) is 17.5 Å². The molecule has 1 aliphatic carbocycles. The number of ketones is 1. The highest BCUT2D eigenvalue weighted by molar-refractivity contribution is 7.91. The van der Waals surface area contributed by atoms with Gasteiger partial charge >= 0.3 is 0 Å². The first kappa shape index (κ1) is 24.3. The summed E-state index contributed by atoms with van der Waals surface area (Å²) in [7, 11) is -3.96. The van der Waals surface area contributed by atoms with Crippen LogP contribution in [0.4, 0.5) is 4.39 Å². The maximum Gasteiger partial charge on any atom is 0.282 e. The van der Waals surface area contributed by atoms with Crippen LogP contribution < -0.4 is 10.3 Å². The lowest BCUT2D eigenvalue weighted by Gasteiger charge is -2.12. The van der Waals surface area contributed by atoms with E-state index in [0.717, 1.165) is 0 Å². The molecule has 0 aliphatic heterocycles. The molecular formula is C26H20FN3O6S2. The number of H-pyrrole nitrogens is 1. The van der Waals surface area contributed by atoms with Crippen LogP contribution in [0.3, 0.4) is 0 Å². The Balaban J connectivity index is 1.69. The average Bonchev–Trinajstić information content (AvgIpc) is 3.30. The number of fused-ring (bicyclic) bond motifs is 3. The third-order valence-corrected chi connectivity index (χ3v) is 9.46. The number of carbonyl (C=O) groups is 2. The van der Waals surface area contributed by atoms with Crippen molar-refractivity contribution in [2.24, 2.45) is 0 Å². The summed E-state index contributed by atoms with van der Waals surface area (Å²) in [5.41, 5.74) is 0.531. The standard InChI is InChI=1S/C26H20FN3O6S2/c1-13(31)20-9-14(12-37-20)11-30-19-10-18(27)16-6-8-36-24(16)22(19)21(17-3-2-7-28-25(17)32)23(30)26(33)29-38(34,35)15-4-5-15/h2-3,6-10,12,15H,4-5,11H2,1H3,(H,28,32)(H,29,33). The molecular weight excluding hydrogens is 533 g/mol. The molecule has 1 aromatic carbocycles. The Morgan fingerprint density at radius 2 is 2.05 bits per heavy atom. The molecule has 6 rings (SSSR count). The predicted molar refractivity (Wildman–Crippen MR) is 141 cm³/mol. The van der Waals surface area contributed by atoms with Crippen LogP contribution in [0.1, 0.15) is 45.5 Å². The van der Waals surface area contributed by atoms with Gasteiger partial charge in [0.15, 0.2) is 5.78 Å². The van der Waals surface area contributed by atoms with Crippen LogP contribution in [0.25, 0.3) is 33.0 Å². The number of aromatic nitrogens is 2. The Bertz CT molecular complexity index is 1940. The minimum atomic E-state index is -3.96. The fraction of sp³-hybridized carbons (Fsp3) is 0.192. The van der Waals surface area contributed by atoms with E-state index in [1.165, 1.54) is 53.5 Å². The molecule has 194 valence electrons. The van der Waals surface area contributed by atoms with Crippen molar-refractivity contribution in [2.45, 2.75) is 31.6 Å². The summed E-state index contributed by atoms with van der Waals surface area (Å²) < 4.78 is 50.0. The molecule has 9 nitrogen and oxygen atoms in total. The molecule has 1 fully saturated rings. The van der Waals surface area contributed by atoms with Crippen LogP contribution in [-0.2, 0) is 16.6 Å². The number of nitrogens with zero attached hydrogens (tertiary/aromatic N) is 1. The minimum absolute atomic E-state index is 0.00288. The molecule has 0 atom stereocenters. The number of amides is 1. The number of carbonyl (C=O) groups excluding carboxylic acids is 2. The number of Topliss-reactive ketones (excluding diaryl/α,β-unsaturated/α-hetero) is 1. The zero-order valence-corrected chi connectivity index (χ0v) is 21.5. The maximum atomic E-state index is 15.2. The Labute approximate surface area is 218 Å². The molecule has 0 unspecified atom stereocenters. The smallest absolute Gasteiger partial charge is 0.282 e. The summed E-state index contributed by atoms with van der Waals surface area (Å²) in [5, 5.41) is 1.51. The molecule has 4 heterocycles. The van der Waals surface area contributed by atoms with Crippen LogP contribution in [0.15, 0.2) is 57.4 Å². The molecule has 4 aromatic heterocycles. The number of nitrogens with one attached hydrogen (secondary N) is 2. The molecule has 12 heteroatoms. The van der Waals surface area contributed by atoms with Crippen LogP contribution >= 0.6 is 11.3 Å². The van der Waals surface area contributed by atoms with Crippen molar-refractivity contribution in [2.75, 3.05) is 0 Å². The van der Waals surface area contributed by atoms with Gasteiger partial charge in [0.25, 0.3) is 11.5 Å². The molecule has 1 saturated carbocycles. The molecule has 1 aliphatic rings. The van der Waals surface area contributed by atoms with E-state index in [4.69, 9.17) is 4.42 Å². The van der Waals surface area contributed by atoms with Crippen LogP contribution in [0, 0.1) is 5.82 Å². The fourth-order valence-electron chi connectivity index (χ4n) is 4.65. The second kappa shape index (κ2) is 8.77. The zero-order valence-electron chi connectivity index (χ0n) is 19.9. The predicted octanol–water partition coefficient (Wildman–Crippen LogP) is 4.42. The van der Waals surface area contributed by atoms with Crippen molar-refractivity contribution in [3.05, 3.63) is 80.5 Å². The van der Waals surface area contributed by atoms with E-state index in [2.05, 4.69) is 9.71 Å². The number of hydrogen-bond acceptors (Lipinski definition) is 7. The fourth-order valence-corrected chi connectivity index (χ4v) is 6.74. The van der Waals surface area contributed by atoms with Crippen molar-refractivity contribution in [1.29, 1.82) is 0 Å². The number of sulfonamides is 1. The van der Waals surface area contributed by atoms with Crippen LogP contribution in [0.5, 0.6) is 0 Å². The van der Waals surface area contributed by atoms with Crippen molar-refractivity contribution >= 4 is 54.9 Å². The van der Waals surface area contributed by atoms with Crippen molar-refractivity contribution < 1.29 is 26.8 Å². The quantitative estimate of drug-likeness (QED) is 0.287. The molecule has 0 radical (unpaired) electrons. The number of thiophene rings is 1. The second-order valence-electron chi connectivity index (χ2n) is 9.19. The highest BCUT2D eigenvalue weighted by Gasteiger charge is 2.38. The van der Waals surface area contributed by atoms with Crippen molar-refractivity contribution in [3.63, 3.8) is 0 Å². The van der Waals surface area contributed by atoms with Gasteiger partial charge in [-0.3, -0.25) is 14.4 Å². The lowest BCUT2D eigenvalue weighted by Crippen LogP contribution is -2.35. The largest absolute Gasteiger partial charge is 0.463 e. The Morgan fingerprint density at radius 3 is 2.74 bits per heavy atom.